The van der Waals surface area contributed by atoms with E-state index in [0.29, 0.717) is 12.1 Å². The largest absolute Gasteiger partial charge is 0.481 e. The van der Waals surface area contributed by atoms with Crippen LogP contribution in [-0.4, -0.2) is 26.1 Å². The van der Waals surface area contributed by atoms with Crippen molar-refractivity contribution < 1.29 is 9.90 Å². The lowest BCUT2D eigenvalue weighted by Gasteiger charge is -2.12. The highest BCUT2D eigenvalue weighted by Crippen LogP contribution is 2.22. The molecule has 0 spiro atoms. The van der Waals surface area contributed by atoms with Crippen molar-refractivity contribution in [3.8, 4) is 5.69 Å². The normalized spacial score (nSPS) is 12.3. The first-order valence-corrected chi connectivity index (χ1v) is 5.93. The van der Waals surface area contributed by atoms with Gasteiger partial charge in [0, 0.05) is 0 Å². The maximum absolute atomic E-state index is 11.3. The highest BCUT2D eigenvalue weighted by atomic mass is 16.4. The summed E-state index contributed by atoms with van der Waals surface area (Å²) >= 11 is 0. The second-order valence-electron chi connectivity index (χ2n) is 4.09. The first-order chi connectivity index (χ1) is 8.74. The second-order valence-corrected chi connectivity index (χ2v) is 4.09. The Morgan fingerprint density at radius 2 is 2.11 bits per heavy atom. The Morgan fingerprint density at radius 3 is 2.72 bits per heavy atom. The number of hydrogen-bond donors (Lipinski definition) is 1. The average Bonchev–Trinajstić information content (AvgIpc) is 2.85. The van der Waals surface area contributed by atoms with Gasteiger partial charge < -0.3 is 5.11 Å². The van der Waals surface area contributed by atoms with Gasteiger partial charge in [0.25, 0.3) is 0 Å². The number of nitrogens with zero attached hydrogens (tertiary/aromatic N) is 3. The van der Waals surface area contributed by atoms with Crippen molar-refractivity contribution in [1.82, 2.24) is 15.0 Å². The molecule has 1 unspecified atom stereocenters. The first kappa shape index (κ1) is 12.3. The van der Waals surface area contributed by atoms with E-state index in [0.717, 1.165) is 12.1 Å². The molecular weight excluding hydrogens is 230 g/mol. The van der Waals surface area contributed by atoms with Gasteiger partial charge in [0.1, 0.15) is 5.92 Å². The smallest absolute Gasteiger partial charge is 0.312 e. The van der Waals surface area contributed by atoms with Gasteiger partial charge in [0.05, 0.1) is 17.6 Å². The molecule has 1 aromatic carbocycles. The molecule has 1 aromatic heterocycles. The Bertz CT molecular complexity index is 522. The van der Waals surface area contributed by atoms with Crippen molar-refractivity contribution in [2.45, 2.75) is 25.7 Å². The lowest BCUT2D eigenvalue weighted by molar-refractivity contribution is -0.139. The second kappa shape index (κ2) is 5.44. The van der Waals surface area contributed by atoms with Gasteiger partial charge in [-0.2, -0.15) is 0 Å². The summed E-state index contributed by atoms with van der Waals surface area (Å²) in [6, 6.07) is 9.43. The van der Waals surface area contributed by atoms with Crippen LogP contribution in [0.5, 0.6) is 0 Å². The first-order valence-electron chi connectivity index (χ1n) is 5.93. The van der Waals surface area contributed by atoms with Crippen LogP contribution in [0.3, 0.4) is 0 Å². The maximum Gasteiger partial charge on any atom is 0.312 e. The minimum absolute atomic E-state index is 0.565. The van der Waals surface area contributed by atoms with E-state index in [1.54, 1.807) is 4.68 Å². The number of benzene rings is 1. The fourth-order valence-corrected chi connectivity index (χ4v) is 1.94. The SMILES string of the molecule is CCCC(C(=O)O)c1cnnn1-c1ccccc1. The van der Waals surface area contributed by atoms with Crippen LogP contribution in [0.1, 0.15) is 31.4 Å². The molecule has 0 amide bonds. The molecule has 0 aliphatic rings. The van der Waals surface area contributed by atoms with Crippen LogP contribution in [0.4, 0.5) is 0 Å². The number of carboxylic acids is 1. The quantitative estimate of drug-likeness (QED) is 0.877. The van der Waals surface area contributed by atoms with Crippen LogP contribution in [0.25, 0.3) is 5.69 Å². The molecule has 1 heterocycles. The Labute approximate surface area is 105 Å². The fourth-order valence-electron chi connectivity index (χ4n) is 1.94. The van der Waals surface area contributed by atoms with Gasteiger partial charge in [-0.25, -0.2) is 4.68 Å². The van der Waals surface area contributed by atoms with E-state index in [2.05, 4.69) is 10.3 Å². The van der Waals surface area contributed by atoms with E-state index >= 15 is 0 Å². The molecule has 0 aliphatic heterocycles. The van der Waals surface area contributed by atoms with E-state index in [1.165, 1.54) is 6.20 Å². The maximum atomic E-state index is 11.3. The van der Waals surface area contributed by atoms with E-state index < -0.39 is 11.9 Å². The van der Waals surface area contributed by atoms with E-state index in [4.69, 9.17) is 0 Å². The minimum Gasteiger partial charge on any atom is -0.481 e. The lowest BCUT2D eigenvalue weighted by Crippen LogP contribution is -2.16. The summed E-state index contributed by atoms with van der Waals surface area (Å²) in [4.78, 5) is 11.3. The monoisotopic (exact) mass is 245 g/mol. The summed E-state index contributed by atoms with van der Waals surface area (Å²) in [6.45, 7) is 1.96. The Kier molecular flexibility index (Phi) is 3.72. The number of carboxylic acid groups (broad SMARTS) is 1. The van der Waals surface area contributed by atoms with Crippen LogP contribution in [0.2, 0.25) is 0 Å². The summed E-state index contributed by atoms with van der Waals surface area (Å²) in [5.41, 5.74) is 1.45. The van der Waals surface area contributed by atoms with Crippen molar-refractivity contribution in [2.24, 2.45) is 0 Å². The van der Waals surface area contributed by atoms with E-state index in [9.17, 15) is 9.90 Å². The predicted molar refractivity (Wildman–Crippen MR) is 66.6 cm³/mol. The van der Waals surface area contributed by atoms with Crippen molar-refractivity contribution >= 4 is 5.97 Å². The summed E-state index contributed by atoms with van der Waals surface area (Å²) in [5.74, 6) is -1.40. The number of aliphatic carboxylic acids is 1. The highest BCUT2D eigenvalue weighted by molar-refractivity contribution is 5.75. The van der Waals surface area contributed by atoms with Crippen molar-refractivity contribution in [2.75, 3.05) is 0 Å². The molecule has 0 aliphatic carbocycles. The molecule has 0 fully saturated rings. The van der Waals surface area contributed by atoms with E-state index in [1.807, 2.05) is 37.3 Å². The molecule has 1 N–H and O–H groups in total. The molecule has 0 saturated carbocycles. The zero-order valence-corrected chi connectivity index (χ0v) is 10.2. The van der Waals surface area contributed by atoms with Gasteiger partial charge in [0.2, 0.25) is 0 Å². The molecule has 2 rings (SSSR count). The lowest BCUT2D eigenvalue weighted by atomic mass is 10.0. The summed E-state index contributed by atoms with van der Waals surface area (Å²) in [7, 11) is 0. The highest BCUT2D eigenvalue weighted by Gasteiger charge is 2.23. The molecule has 0 bridgehead atoms. The fraction of sp³-hybridized carbons (Fsp3) is 0.308. The summed E-state index contributed by atoms with van der Waals surface area (Å²) < 4.78 is 1.59. The Balaban J connectivity index is 2.41. The number of carbonyl (C=O) groups is 1. The van der Waals surface area contributed by atoms with Gasteiger partial charge in [0.15, 0.2) is 0 Å². The number of para-hydroxylation sites is 1. The van der Waals surface area contributed by atoms with Crippen LogP contribution >= 0.6 is 0 Å². The zero-order chi connectivity index (χ0) is 13.0. The van der Waals surface area contributed by atoms with E-state index in [-0.39, 0.29) is 0 Å². The molecule has 94 valence electrons. The Hall–Kier alpha value is -2.17. The van der Waals surface area contributed by atoms with Crippen LogP contribution in [0.15, 0.2) is 36.5 Å². The molecule has 1 atom stereocenters. The van der Waals surface area contributed by atoms with Crippen LogP contribution in [0, 0.1) is 0 Å². The third kappa shape index (κ3) is 2.40. The van der Waals surface area contributed by atoms with Gasteiger partial charge in [-0.15, -0.1) is 5.10 Å². The van der Waals surface area contributed by atoms with Gasteiger partial charge in [-0.05, 0) is 18.6 Å². The van der Waals surface area contributed by atoms with Crippen molar-refractivity contribution in [3.63, 3.8) is 0 Å². The molecule has 5 nitrogen and oxygen atoms in total. The zero-order valence-electron chi connectivity index (χ0n) is 10.2. The molecule has 18 heavy (non-hydrogen) atoms. The standard InChI is InChI=1S/C13H15N3O2/c1-2-6-11(13(17)18)12-9-14-15-16(12)10-7-4-3-5-8-10/h3-5,7-9,11H,2,6H2,1H3,(H,17,18). The molecule has 5 heteroatoms. The summed E-state index contributed by atoms with van der Waals surface area (Å²) in [6.07, 6.45) is 2.91. The third-order valence-electron chi connectivity index (χ3n) is 2.81. The molecule has 0 saturated heterocycles. The van der Waals surface area contributed by atoms with Gasteiger partial charge in [-0.1, -0.05) is 36.8 Å². The molecule has 2 aromatic rings. The van der Waals surface area contributed by atoms with Gasteiger partial charge in [-0.3, -0.25) is 4.79 Å². The minimum atomic E-state index is -0.837. The van der Waals surface area contributed by atoms with Crippen molar-refractivity contribution in [1.29, 1.82) is 0 Å². The average molecular weight is 245 g/mol. The van der Waals surface area contributed by atoms with Crippen LogP contribution in [-0.2, 0) is 4.79 Å². The van der Waals surface area contributed by atoms with Gasteiger partial charge >= 0.3 is 5.97 Å². The third-order valence-corrected chi connectivity index (χ3v) is 2.81. The van der Waals surface area contributed by atoms with Crippen LogP contribution < -0.4 is 0 Å². The number of rotatable bonds is 5. The Morgan fingerprint density at radius 1 is 1.39 bits per heavy atom. The predicted octanol–water partition coefficient (Wildman–Crippen LogP) is 2.24. The molecule has 0 radical (unpaired) electrons. The summed E-state index contributed by atoms with van der Waals surface area (Å²) in [5, 5.41) is 17.1. The number of hydrogen-bond acceptors (Lipinski definition) is 3. The van der Waals surface area contributed by atoms with Crippen molar-refractivity contribution in [3.05, 3.63) is 42.2 Å². The number of aromatic nitrogens is 3. The molecular formula is C13H15N3O2. The topological polar surface area (TPSA) is 68.0 Å².